The Morgan fingerprint density at radius 2 is 2.36 bits per heavy atom. The van der Waals surface area contributed by atoms with Gasteiger partial charge in [0.25, 0.3) is 0 Å². The third kappa shape index (κ3) is 1.21. The van der Waals surface area contributed by atoms with Crippen LogP contribution in [0.2, 0.25) is 0 Å². The summed E-state index contributed by atoms with van der Waals surface area (Å²) < 4.78 is 7.72. The molecule has 1 N–H and O–H groups in total. The number of hydrogen-bond donors (Lipinski definition) is 1. The summed E-state index contributed by atoms with van der Waals surface area (Å²) in [6.45, 7) is 4.33. The summed E-state index contributed by atoms with van der Waals surface area (Å²) in [5, 5.41) is 10.3. The van der Waals surface area contributed by atoms with Gasteiger partial charge in [-0.25, -0.2) is 4.68 Å². The van der Waals surface area contributed by atoms with Crippen LogP contribution in [0.1, 0.15) is 26.3 Å². The van der Waals surface area contributed by atoms with E-state index in [0.717, 1.165) is 6.42 Å². The van der Waals surface area contributed by atoms with E-state index in [1.165, 1.54) is 0 Å². The number of rotatable bonds is 2. The second kappa shape index (κ2) is 3.13. The summed E-state index contributed by atoms with van der Waals surface area (Å²) in [6.07, 6.45) is 1.25. The van der Waals surface area contributed by atoms with Crippen LogP contribution in [0.3, 0.4) is 0 Å². The van der Waals surface area contributed by atoms with Crippen molar-refractivity contribution in [2.24, 2.45) is 5.41 Å². The first-order valence-electron chi connectivity index (χ1n) is 4.59. The van der Waals surface area contributed by atoms with Gasteiger partial charge in [0.05, 0.1) is 12.1 Å². The van der Waals surface area contributed by atoms with E-state index in [2.05, 4.69) is 29.4 Å². The van der Waals surface area contributed by atoms with E-state index < -0.39 is 0 Å². The van der Waals surface area contributed by atoms with Crippen LogP contribution in [-0.4, -0.2) is 33.4 Å². The molecule has 0 aromatic carbocycles. The summed E-state index contributed by atoms with van der Waals surface area (Å²) in [7, 11) is 1.74. The molecule has 0 radical (unpaired) electrons. The first-order valence-corrected chi connectivity index (χ1v) is 5.00. The molecule has 1 aromatic heterocycles. The molecular formula is C8H14N4OS. The highest BCUT2D eigenvalue weighted by molar-refractivity contribution is 7.71. The van der Waals surface area contributed by atoms with Gasteiger partial charge < -0.3 is 4.74 Å². The minimum atomic E-state index is 0.0845. The molecule has 1 heterocycles. The quantitative estimate of drug-likeness (QED) is 0.754. The number of H-pyrrole nitrogens is 1. The number of tetrazole rings is 1. The average molecular weight is 214 g/mol. The van der Waals surface area contributed by atoms with Crippen molar-refractivity contribution in [3.63, 3.8) is 0 Å². The van der Waals surface area contributed by atoms with Crippen molar-refractivity contribution < 1.29 is 4.74 Å². The SMILES string of the molecule is COC1CC(n2[nH]nnc2=S)C1(C)C. The summed E-state index contributed by atoms with van der Waals surface area (Å²) >= 11 is 5.06. The van der Waals surface area contributed by atoms with Gasteiger partial charge in [0.15, 0.2) is 0 Å². The molecule has 6 heteroatoms. The number of methoxy groups -OCH3 is 1. The van der Waals surface area contributed by atoms with Gasteiger partial charge in [0.1, 0.15) is 0 Å². The molecule has 0 amide bonds. The Balaban J connectivity index is 2.25. The topological polar surface area (TPSA) is 55.7 Å². The van der Waals surface area contributed by atoms with Gasteiger partial charge in [-0.15, -0.1) is 0 Å². The molecule has 0 saturated heterocycles. The Hall–Kier alpha value is -0.750. The van der Waals surface area contributed by atoms with Crippen molar-refractivity contribution in [3.05, 3.63) is 4.77 Å². The maximum absolute atomic E-state index is 5.37. The lowest BCUT2D eigenvalue weighted by Crippen LogP contribution is -2.51. The molecule has 1 saturated carbocycles. The van der Waals surface area contributed by atoms with E-state index in [9.17, 15) is 0 Å². The molecule has 78 valence electrons. The summed E-state index contributed by atoms with van der Waals surface area (Å²) in [5.41, 5.74) is 0.0845. The maximum Gasteiger partial charge on any atom is 0.238 e. The van der Waals surface area contributed by atoms with Crippen LogP contribution in [0.15, 0.2) is 0 Å². The van der Waals surface area contributed by atoms with E-state index in [0.29, 0.717) is 10.8 Å². The minimum absolute atomic E-state index is 0.0845. The molecule has 0 bridgehead atoms. The van der Waals surface area contributed by atoms with E-state index >= 15 is 0 Å². The van der Waals surface area contributed by atoms with E-state index in [4.69, 9.17) is 17.0 Å². The zero-order valence-electron chi connectivity index (χ0n) is 8.52. The molecular weight excluding hydrogens is 200 g/mol. The number of ether oxygens (including phenoxy) is 1. The molecule has 1 aromatic rings. The molecule has 1 aliphatic rings. The van der Waals surface area contributed by atoms with Crippen molar-refractivity contribution in [2.45, 2.75) is 32.4 Å². The Kier molecular flexibility index (Phi) is 2.19. The molecule has 2 atom stereocenters. The van der Waals surface area contributed by atoms with Gasteiger partial charge in [-0.1, -0.05) is 24.2 Å². The monoisotopic (exact) mass is 214 g/mol. The Bertz CT molecular complexity index is 383. The smallest absolute Gasteiger partial charge is 0.238 e. The molecule has 5 nitrogen and oxygen atoms in total. The first-order chi connectivity index (χ1) is 6.57. The van der Waals surface area contributed by atoms with Gasteiger partial charge in [-0.05, 0) is 18.6 Å². The maximum atomic E-state index is 5.37. The summed E-state index contributed by atoms with van der Waals surface area (Å²) in [5.74, 6) is 0. The van der Waals surface area contributed by atoms with Gasteiger partial charge in [-0.2, -0.15) is 5.21 Å². The highest BCUT2D eigenvalue weighted by Crippen LogP contribution is 2.50. The van der Waals surface area contributed by atoms with Crippen molar-refractivity contribution in [2.75, 3.05) is 7.11 Å². The number of aromatic nitrogens is 4. The fraction of sp³-hybridized carbons (Fsp3) is 0.875. The van der Waals surface area contributed by atoms with Gasteiger partial charge in [0, 0.05) is 12.5 Å². The number of nitrogens with one attached hydrogen (secondary N) is 1. The predicted molar refractivity (Wildman–Crippen MR) is 53.4 cm³/mol. The molecule has 1 aliphatic carbocycles. The third-order valence-electron chi connectivity index (χ3n) is 3.22. The largest absolute Gasteiger partial charge is 0.381 e. The van der Waals surface area contributed by atoms with Crippen LogP contribution >= 0.6 is 12.2 Å². The lowest BCUT2D eigenvalue weighted by Gasteiger charge is -2.50. The van der Waals surface area contributed by atoms with Crippen LogP contribution in [-0.2, 0) is 4.74 Å². The summed E-state index contributed by atoms with van der Waals surface area (Å²) in [6, 6.07) is 0.315. The van der Waals surface area contributed by atoms with Crippen LogP contribution in [0.25, 0.3) is 0 Å². The standard InChI is InChI=1S/C8H14N4OS/c1-8(2)5(4-6(8)13-3)12-7(14)9-10-11-12/h5-6H,4H2,1-3H3,(H,9,11,14). The van der Waals surface area contributed by atoms with Crippen LogP contribution in [0, 0.1) is 10.2 Å². The lowest BCUT2D eigenvalue weighted by atomic mass is 9.64. The predicted octanol–water partition coefficient (Wildman–Crippen LogP) is 1.32. The fourth-order valence-corrected chi connectivity index (χ4v) is 2.32. The van der Waals surface area contributed by atoms with Crippen molar-refractivity contribution in [1.82, 2.24) is 20.2 Å². The van der Waals surface area contributed by atoms with E-state index in [-0.39, 0.29) is 11.5 Å². The minimum Gasteiger partial charge on any atom is -0.381 e. The number of hydrogen-bond acceptors (Lipinski definition) is 4. The lowest BCUT2D eigenvalue weighted by molar-refractivity contribution is -0.117. The zero-order valence-corrected chi connectivity index (χ0v) is 9.34. The molecule has 14 heavy (non-hydrogen) atoms. The summed E-state index contributed by atoms with van der Waals surface area (Å²) in [4.78, 5) is 0. The Morgan fingerprint density at radius 3 is 2.79 bits per heavy atom. The van der Waals surface area contributed by atoms with Crippen LogP contribution < -0.4 is 0 Å². The first kappa shape index (κ1) is 9.79. The Morgan fingerprint density at radius 1 is 1.64 bits per heavy atom. The molecule has 0 spiro atoms. The van der Waals surface area contributed by atoms with Crippen molar-refractivity contribution in [3.8, 4) is 0 Å². The van der Waals surface area contributed by atoms with Gasteiger partial charge in [-0.3, -0.25) is 0 Å². The second-order valence-corrected chi connectivity index (χ2v) is 4.61. The molecule has 2 unspecified atom stereocenters. The van der Waals surface area contributed by atoms with E-state index in [1.54, 1.807) is 7.11 Å². The number of nitrogens with zero attached hydrogens (tertiary/aromatic N) is 3. The third-order valence-corrected chi connectivity index (χ3v) is 3.49. The second-order valence-electron chi connectivity index (χ2n) is 4.25. The van der Waals surface area contributed by atoms with E-state index in [1.807, 2.05) is 4.68 Å². The zero-order chi connectivity index (χ0) is 10.3. The van der Waals surface area contributed by atoms with Crippen LogP contribution in [0.4, 0.5) is 0 Å². The fourth-order valence-electron chi connectivity index (χ4n) is 2.11. The number of aromatic amines is 1. The van der Waals surface area contributed by atoms with Gasteiger partial charge >= 0.3 is 0 Å². The van der Waals surface area contributed by atoms with Crippen LogP contribution in [0.5, 0.6) is 0 Å². The highest BCUT2D eigenvalue weighted by atomic mass is 32.1. The van der Waals surface area contributed by atoms with Crippen molar-refractivity contribution >= 4 is 12.2 Å². The molecule has 2 rings (SSSR count). The Labute approximate surface area is 87.4 Å². The molecule has 0 aliphatic heterocycles. The normalized spacial score (nSPS) is 29.9. The molecule has 1 fully saturated rings. The average Bonchev–Trinajstić information content (AvgIpc) is 2.51. The highest BCUT2D eigenvalue weighted by Gasteiger charge is 2.50. The van der Waals surface area contributed by atoms with Gasteiger partial charge in [0.2, 0.25) is 4.77 Å². The van der Waals surface area contributed by atoms with Crippen molar-refractivity contribution in [1.29, 1.82) is 0 Å².